The average molecular weight is 360 g/mol. The second kappa shape index (κ2) is 7.04. The van der Waals surface area contributed by atoms with E-state index in [-0.39, 0.29) is 22.2 Å². The third-order valence-corrected chi connectivity index (χ3v) is 3.51. The van der Waals surface area contributed by atoms with Gasteiger partial charge in [0.05, 0.1) is 24.4 Å². The van der Waals surface area contributed by atoms with Crippen molar-refractivity contribution < 1.29 is 22.7 Å². The molecule has 2 rings (SSSR count). The third kappa shape index (κ3) is 3.94. The van der Waals surface area contributed by atoms with Gasteiger partial charge in [0.2, 0.25) is 0 Å². The first-order chi connectivity index (χ1) is 11.3. The molecule has 0 amide bonds. The molecule has 5 nitrogen and oxygen atoms in total. The monoisotopic (exact) mass is 359 g/mol. The summed E-state index contributed by atoms with van der Waals surface area (Å²) in [6.07, 6.45) is -1.66. The lowest BCUT2D eigenvalue weighted by Gasteiger charge is -2.19. The fourth-order valence-electron chi connectivity index (χ4n) is 2.03. The van der Waals surface area contributed by atoms with Crippen molar-refractivity contribution in [2.75, 3.05) is 12.4 Å². The minimum absolute atomic E-state index is 0.176. The van der Waals surface area contributed by atoms with Crippen molar-refractivity contribution in [2.24, 2.45) is 0 Å². The normalized spacial score (nSPS) is 12.6. The van der Waals surface area contributed by atoms with Crippen LogP contribution in [0.25, 0.3) is 0 Å². The Bertz CT molecular complexity index is 753. The number of hydrogen-bond acceptors (Lipinski definition) is 5. The van der Waals surface area contributed by atoms with Crippen LogP contribution in [0.3, 0.4) is 0 Å². The smallest absolute Gasteiger partial charge is 0.433 e. The molecule has 2 heterocycles. The molecule has 0 aliphatic carbocycles. The van der Waals surface area contributed by atoms with E-state index in [4.69, 9.17) is 16.3 Å². The molecule has 9 heteroatoms. The summed E-state index contributed by atoms with van der Waals surface area (Å²) >= 11 is 6.01. The van der Waals surface area contributed by atoms with Crippen LogP contribution in [0.2, 0.25) is 5.02 Å². The number of alkyl halides is 3. The predicted octanol–water partition coefficient (Wildman–Crippen LogP) is 4.14. The van der Waals surface area contributed by atoms with Crippen LogP contribution in [0.15, 0.2) is 24.5 Å². The number of anilines is 1. The van der Waals surface area contributed by atoms with Gasteiger partial charge < -0.3 is 10.1 Å². The fraction of sp³-hybridized carbons (Fsp3) is 0.267. The second-order valence-electron chi connectivity index (χ2n) is 4.89. The summed E-state index contributed by atoms with van der Waals surface area (Å²) in [6, 6.07) is 1.71. The largest absolute Gasteiger partial charge is 0.495 e. The van der Waals surface area contributed by atoms with E-state index in [1.165, 1.54) is 19.4 Å². The van der Waals surface area contributed by atoms with E-state index in [1.807, 2.05) is 0 Å². The minimum atomic E-state index is -4.57. The van der Waals surface area contributed by atoms with E-state index >= 15 is 0 Å². The van der Waals surface area contributed by atoms with Gasteiger partial charge in [-0.3, -0.25) is 4.79 Å². The Balaban J connectivity index is 2.35. The van der Waals surface area contributed by atoms with Crippen LogP contribution in [0.5, 0.6) is 5.75 Å². The quantitative estimate of drug-likeness (QED) is 0.813. The van der Waals surface area contributed by atoms with E-state index in [0.717, 1.165) is 12.3 Å². The van der Waals surface area contributed by atoms with E-state index < -0.39 is 17.9 Å². The van der Waals surface area contributed by atoms with Gasteiger partial charge >= 0.3 is 6.18 Å². The summed E-state index contributed by atoms with van der Waals surface area (Å²) in [5, 5.41) is 3.07. The third-order valence-electron chi connectivity index (χ3n) is 3.23. The number of aldehydes is 1. The van der Waals surface area contributed by atoms with Crippen LogP contribution >= 0.6 is 11.6 Å². The number of pyridine rings is 2. The Morgan fingerprint density at radius 2 is 2.00 bits per heavy atom. The SMILES string of the molecule is COc1cnc(C(F)(F)F)cc1[C@H](C)Nc1ncc(C=O)cc1Cl. The number of aromatic nitrogens is 2. The first-order valence-electron chi connectivity index (χ1n) is 6.74. The number of carbonyl (C=O) groups excluding carboxylic acids is 1. The molecule has 1 N–H and O–H groups in total. The number of halogens is 4. The average Bonchev–Trinajstić information content (AvgIpc) is 2.55. The standard InChI is InChI=1S/C15H13ClF3N3O2/c1-8(22-14-11(16)3-9(7-23)5-21-14)10-4-13(15(17,18)19)20-6-12(10)24-2/h3-8H,1-2H3,(H,21,22)/t8-/m0/s1. The van der Waals surface area contributed by atoms with E-state index in [2.05, 4.69) is 15.3 Å². The number of nitrogens with zero attached hydrogens (tertiary/aromatic N) is 2. The van der Waals surface area contributed by atoms with E-state index in [9.17, 15) is 18.0 Å². The Kier molecular flexibility index (Phi) is 5.28. The van der Waals surface area contributed by atoms with Crippen LogP contribution in [0.4, 0.5) is 19.0 Å². The lowest BCUT2D eigenvalue weighted by Crippen LogP contribution is -2.14. The van der Waals surface area contributed by atoms with Gasteiger partial charge in [0.1, 0.15) is 17.3 Å². The van der Waals surface area contributed by atoms with E-state index in [1.54, 1.807) is 6.92 Å². The summed E-state index contributed by atoms with van der Waals surface area (Å²) in [6.45, 7) is 1.63. The summed E-state index contributed by atoms with van der Waals surface area (Å²) < 4.78 is 43.6. The van der Waals surface area contributed by atoms with Gasteiger partial charge in [-0.2, -0.15) is 13.2 Å². The number of carbonyl (C=O) groups is 1. The van der Waals surface area contributed by atoms with Crippen molar-refractivity contribution >= 4 is 23.7 Å². The number of rotatable bonds is 5. The molecule has 2 aromatic rings. The van der Waals surface area contributed by atoms with Gasteiger partial charge in [-0.05, 0) is 19.1 Å². The highest BCUT2D eigenvalue weighted by Gasteiger charge is 2.33. The molecule has 2 aromatic heterocycles. The molecule has 0 aliphatic heterocycles. The van der Waals surface area contributed by atoms with Crippen molar-refractivity contribution in [3.8, 4) is 5.75 Å². The molecule has 0 aliphatic rings. The summed E-state index contributed by atoms with van der Waals surface area (Å²) in [5.41, 5.74) is -0.487. The molecule has 0 bridgehead atoms. The topological polar surface area (TPSA) is 64.1 Å². The minimum Gasteiger partial charge on any atom is -0.495 e. The summed E-state index contributed by atoms with van der Waals surface area (Å²) in [7, 11) is 1.34. The Hall–Kier alpha value is -2.35. The van der Waals surface area contributed by atoms with Crippen LogP contribution < -0.4 is 10.1 Å². The molecule has 0 saturated heterocycles. The van der Waals surface area contributed by atoms with Gasteiger partial charge in [0.25, 0.3) is 0 Å². The van der Waals surface area contributed by atoms with Crippen LogP contribution in [-0.2, 0) is 6.18 Å². The molecule has 0 aromatic carbocycles. The predicted molar refractivity (Wildman–Crippen MR) is 82.5 cm³/mol. The maximum Gasteiger partial charge on any atom is 0.433 e. The lowest BCUT2D eigenvalue weighted by molar-refractivity contribution is -0.141. The van der Waals surface area contributed by atoms with Crippen molar-refractivity contribution in [1.29, 1.82) is 0 Å². The molecule has 0 saturated carbocycles. The number of nitrogens with one attached hydrogen (secondary N) is 1. The molecule has 1 atom stereocenters. The second-order valence-corrected chi connectivity index (χ2v) is 5.30. The zero-order chi connectivity index (χ0) is 17.9. The van der Waals surface area contributed by atoms with Crippen LogP contribution in [0, 0.1) is 0 Å². The van der Waals surface area contributed by atoms with Crippen LogP contribution in [0.1, 0.15) is 34.6 Å². The van der Waals surface area contributed by atoms with Gasteiger partial charge in [-0.15, -0.1) is 0 Å². The van der Waals surface area contributed by atoms with Gasteiger partial charge in [0.15, 0.2) is 6.29 Å². The highest BCUT2D eigenvalue weighted by atomic mass is 35.5. The van der Waals surface area contributed by atoms with Crippen molar-refractivity contribution in [3.63, 3.8) is 0 Å². The van der Waals surface area contributed by atoms with E-state index in [0.29, 0.717) is 11.8 Å². The van der Waals surface area contributed by atoms with Crippen molar-refractivity contribution in [1.82, 2.24) is 9.97 Å². The lowest BCUT2D eigenvalue weighted by atomic mass is 10.1. The number of hydrogen-bond donors (Lipinski definition) is 1. The first-order valence-corrected chi connectivity index (χ1v) is 7.12. The Morgan fingerprint density at radius 1 is 1.29 bits per heavy atom. The molecule has 0 fully saturated rings. The molecule has 0 radical (unpaired) electrons. The fourth-order valence-corrected chi connectivity index (χ4v) is 2.26. The summed E-state index contributed by atoms with van der Waals surface area (Å²) in [4.78, 5) is 18.0. The molecule has 0 spiro atoms. The molecular formula is C15H13ClF3N3O2. The van der Waals surface area contributed by atoms with Gasteiger partial charge in [-0.25, -0.2) is 9.97 Å². The highest BCUT2D eigenvalue weighted by molar-refractivity contribution is 6.33. The van der Waals surface area contributed by atoms with Gasteiger partial charge in [0, 0.05) is 17.3 Å². The molecule has 0 unspecified atom stereocenters. The zero-order valence-electron chi connectivity index (χ0n) is 12.7. The van der Waals surface area contributed by atoms with Gasteiger partial charge in [-0.1, -0.05) is 11.6 Å². The Labute approximate surface area is 140 Å². The zero-order valence-corrected chi connectivity index (χ0v) is 13.4. The number of methoxy groups -OCH3 is 1. The number of ether oxygens (including phenoxy) is 1. The molecule has 128 valence electrons. The molecular weight excluding hydrogens is 347 g/mol. The molecule has 24 heavy (non-hydrogen) atoms. The van der Waals surface area contributed by atoms with Crippen molar-refractivity contribution in [2.45, 2.75) is 19.1 Å². The summed E-state index contributed by atoms with van der Waals surface area (Å²) in [5.74, 6) is 0.436. The highest BCUT2D eigenvalue weighted by Crippen LogP contribution is 2.34. The maximum atomic E-state index is 12.9. The Morgan fingerprint density at radius 3 is 2.54 bits per heavy atom. The maximum absolute atomic E-state index is 12.9. The first kappa shape index (κ1) is 18.0. The van der Waals surface area contributed by atoms with Crippen LogP contribution in [-0.4, -0.2) is 23.4 Å². The van der Waals surface area contributed by atoms with Crippen molar-refractivity contribution in [3.05, 3.63) is 46.4 Å².